The number of phenolic OH excluding ortho intramolecular Hbond substituents is 25. The molecule has 8 aromatic carbocycles. The maximum atomic E-state index is 11.9. The molecule has 0 aliphatic carbocycles. The van der Waals surface area contributed by atoms with Crippen LogP contribution in [0, 0.1) is 0 Å². The van der Waals surface area contributed by atoms with Gasteiger partial charge >= 0.3 is 0 Å². The molecule has 0 spiro atoms. The van der Waals surface area contributed by atoms with E-state index in [2.05, 4.69) is 4.98 Å². The van der Waals surface area contributed by atoms with Crippen molar-refractivity contribution in [1.82, 2.24) is 4.98 Å². The van der Waals surface area contributed by atoms with Crippen molar-refractivity contribution in [1.29, 1.82) is 0 Å². The van der Waals surface area contributed by atoms with E-state index < -0.39 is 231 Å². The molecule has 9 aromatic rings. The van der Waals surface area contributed by atoms with Crippen LogP contribution in [0.2, 0.25) is 0 Å². The van der Waals surface area contributed by atoms with Gasteiger partial charge in [0, 0.05) is 38.2 Å². The van der Waals surface area contributed by atoms with Crippen molar-refractivity contribution in [3.63, 3.8) is 0 Å². The lowest BCUT2D eigenvalue weighted by atomic mass is 9.81. The third kappa shape index (κ3) is 4.76. The second kappa shape index (κ2) is 13.2. The quantitative estimate of drug-likeness (QED) is 0.0662. The molecule has 0 fully saturated rings. The molecule has 350 valence electrons. The molecule has 0 aliphatic rings. The van der Waals surface area contributed by atoms with Gasteiger partial charge in [0.1, 0.15) is 5.75 Å². The molecular weight excluding hydrogens is 918 g/mol. The number of H-pyrrole nitrogens is 1. The predicted molar refractivity (Wildman–Crippen MR) is 226 cm³/mol. The molecule has 0 saturated carbocycles. The van der Waals surface area contributed by atoms with Crippen LogP contribution in [-0.4, -0.2) is 133 Å². The van der Waals surface area contributed by atoms with Crippen LogP contribution in [0.25, 0.3) is 87.5 Å². The Morgan fingerprint density at radius 3 is 0.941 bits per heavy atom. The van der Waals surface area contributed by atoms with Crippen molar-refractivity contribution in [2.45, 2.75) is 0 Å². The average Bonchev–Trinajstić information content (AvgIpc) is 3.72. The second-order valence-electron chi connectivity index (χ2n) is 15.1. The van der Waals surface area contributed by atoms with Gasteiger partial charge in [-0.1, -0.05) is 0 Å². The zero-order chi connectivity index (χ0) is 50.1. The molecular formula is C42H27NO25. The second-order valence-corrected chi connectivity index (χ2v) is 15.1. The lowest BCUT2D eigenvalue weighted by molar-refractivity contribution is 0.347. The monoisotopic (exact) mass is 945 g/mol. The van der Waals surface area contributed by atoms with E-state index in [1.165, 1.54) is 0 Å². The summed E-state index contributed by atoms with van der Waals surface area (Å²) in [4.78, 5) is 2.27. The number of aromatic hydroxyl groups is 25. The predicted octanol–water partition coefficient (Wildman–Crippen LogP) is 4.42. The third-order valence-corrected chi connectivity index (χ3v) is 11.7. The van der Waals surface area contributed by atoms with Crippen LogP contribution in [-0.2, 0) is 0 Å². The molecule has 0 saturated heterocycles. The van der Waals surface area contributed by atoms with Crippen LogP contribution >= 0.6 is 0 Å². The number of aromatic nitrogens is 1. The van der Waals surface area contributed by atoms with E-state index in [4.69, 9.17) is 0 Å². The third-order valence-electron chi connectivity index (χ3n) is 11.7. The fraction of sp³-hybridized carbons (Fsp3) is 0. The highest BCUT2D eigenvalue weighted by molar-refractivity contribution is 6.32. The highest BCUT2D eigenvalue weighted by Gasteiger charge is 2.39. The molecule has 0 radical (unpaired) electrons. The van der Waals surface area contributed by atoms with E-state index in [1.54, 1.807) is 0 Å². The minimum atomic E-state index is -1.76. The minimum Gasteiger partial charge on any atom is -0.506 e. The smallest absolute Gasteiger partial charge is 0.206 e. The number of hydrogen-bond acceptors (Lipinski definition) is 25. The van der Waals surface area contributed by atoms with Crippen molar-refractivity contribution in [2.24, 2.45) is 0 Å². The minimum absolute atomic E-state index is 0.403. The van der Waals surface area contributed by atoms with Gasteiger partial charge in [-0.3, -0.25) is 0 Å². The number of aromatic amines is 1. The Hall–Kier alpha value is -10.7. The van der Waals surface area contributed by atoms with Crippen molar-refractivity contribution in [2.75, 3.05) is 0 Å². The molecule has 0 amide bonds. The summed E-state index contributed by atoms with van der Waals surface area (Å²) in [5, 5.41) is 268. The normalized spacial score (nSPS) is 11.8. The molecule has 0 atom stereocenters. The molecule has 68 heavy (non-hydrogen) atoms. The van der Waals surface area contributed by atoms with Crippen molar-refractivity contribution in [3.8, 4) is 177 Å². The van der Waals surface area contributed by atoms with Crippen LogP contribution < -0.4 is 0 Å². The van der Waals surface area contributed by atoms with Crippen molar-refractivity contribution < 1.29 is 128 Å². The van der Waals surface area contributed by atoms with Gasteiger partial charge in [0.2, 0.25) is 46.0 Å². The van der Waals surface area contributed by atoms with Gasteiger partial charge in [0.25, 0.3) is 0 Å². The number of rotatable bonds is 3. The highest BCUT2D eigenvalue weighted by atomic mass is 16.4. The van der Waals surface area contributed by atoms with Crippen LogP contribution in [0.15, 0.2) is 6.07 Å². The Morgan fingerprint density at radius 2 is 0.471 bits per heavy atom. The zero-order valence-electron chi connectivity index (χ0n) is 32.8. The largest absolute Gasteiger partial charge is 0.506 e. The topological polar surface area (TPSA) is 522 Å². The van der Waals surface area contributed by atoms with E-state index in [-0.39, 0.29) is 0 Å². The van der Waals surface area contributed by atoms with Crippen molar-refractivity contribution >= 4 is 54.1 Å². The fourth-order valence-corrected chi connectivity index (χ4v) is 8.60. The molecule has 1 aromatic heterocycles. The molecule has 9 rings (SSSR count). The van der Waals surface area contributed by atoms with Gasteiger partial charge in [0.15, 0.2) is 92.0 Å². The molecule has 26 heteroatoms. The Morgan fingerprint density at radius 1 is 0.191 bits per heavy atom. The Bertz CT molecular complexity index is 3870. The summed E-state index contributed by atoms with van der Waals surface area (Å²) in [6, 6.07) is 0.403. The Labute approximate surface area is 369 Å². The van der Waals surface area contributed by atoms with Crippen LogP contribution in [0.1, 0.15) is 0 Å². The van der Waals surface area contributed by atoms with Gasteiger partial charge in [-0.15, -0.1) is 0 Å². The maximum absolute atomic E-state index is 11.9. The van der Waals surface area contributed by atoms with Gasteiger partial charge in [-0.2, -0.15) is 0 Å². The molecule has 1 heterocycles. The van der Waals surface area contributed by atoms with Crippen LogP contribution in [0.4, 0.5) is 0 Å². The summed E-state index contributed by atoms with van der Waals surface area (Å²) in [5.41, 5.74) is -9.36. The van der Waals surface area contributed by atoms with Gasteiger partial charge in [0.05, 0.1) is 43.9 Å². The van der Waals surface area contributed by atoms with Gasteiger partial charge in [-0.25, -0.2) is 0 Å². The number of nitrogens with one attached hydrogen (secondary N) is 1. The summed E-state index contributed by atoms with van der Waals surface area (Å²) in [6.45, 7) is 0. The van der Waals surface area contributed by atoms with Crippen molar-refractivity contribution in [3.05, 3.63) is 6.07 Å². The summed E-state index contributed by atoms with van der Waals surface area (Å²) in [5.74, 6) is -38.7. The number of fused-ring (bicyclic) bond motifs is 6. The number of benzene rings is 8. The standard InChI is InChI=1S/C42H27NO25/c44-3-1-2-4(13-27(53)29(55)16(30(56)28(13)54)15-20(46)11-12-18(43-17(11)34(60)31(15)57)35(61)42(68)40(66)26(12)52)7-8(24(50)38(64)37(63)22(7)48)6(5(2)21(47)19(3)45)9-10-14(32(58)36(62)23(9)49)33(59)41(67)39(65)25(10)51/h1,43-68H. The molecule has 26 N–H and O–H groups in total. The van der Waals surface area contributed by atoms with E-state index in [1.807, 2.05) is 0 Å². The highest BCUT2D eigenvalue weighted by Crippen LogP contribution is 2.68. The Balaban J connectivity index is 1.52. The lowest BCUT2D eigenvalue weighted by Crippen LogP contribution is -1.97. The summed E-state index contributed by atoms with van der Waals surface area (Å²) >= 11 is 0. The summed E-state index contributed by atoms with van der Waals surface area (Å²) in [6.07, 6.45) is 0. The van der Waals surface area contributed by atoms with Gasteiger partial charge < -0.3 is 133 Å². The fourth-order valence-electron chi connectivity index (χ4n) is 8.60. The lowest BCUT2D eigenvalue weighted by Gasteiger charge is -2.25. The SMILES string of the molecule is Oc1cc2c(-c3c(O)c(O)c(-c4c(O)c(O)c5[nH]c6c(O)c(O)c(O)c(O)c6c5c4O)c(O)c3O)c3c(O)c(O)c(O)c(O)c3c(-c3c(O)c(O)c(O)c4c(O)c(O)c(O)c(O)c34)c2c(O)c1O. The summed E-state index contributed by atoms with van der Waals surface area (Å²) < 4.78 is 0. The first kappa shape index (κ1) is 42.6. The Kier molecular flexibility index (Phi) is 8.27. The first-order valence-electron chi connectivity index (χ1n) is 18.4. The first-order valence-corrected chi connectivity index (χ1v) is 18.4. The van der Waals surface area contributed by atoms with Gasteiger partial charge in [-0.05, 0) is 11.5 Å². The zero-order valence-corrected chi connectivity index (χ0v) is 32.8. The van der Waals surface area contributed by atoms with E-state index in [9.17, 15) is 128 Å². The number of phenols is 25. The van der Waals surface area contributed by atoms with Crippen LogP contribution in [0.3, 0.4) is 0 Å². The van der Waals surface area contributed by atoms with E-state index in [0.717, 1.165) is 0 Å². The first-order chi connectivity index (χ1) is 31.7. The molecule has 0 aliphatic heterocycles. The summed E-state index contributed by atoms with van der Waals surface area (Å²) in [7, 11) is 0. The molecule has 0 bridgehead atoms. The van der Waals surface area contributed by atoms with E-state index in [0.29, 0.717) is 6.07 Å². The van der Waals surface area contributed by atoms with Crippen LogP contribution in [0.5, 0.6) is 144 Å². The number of hydrogen-bond donors (Lipinski definition) is 26. The molecule has 0 unspecified atom stereocenters. The molecule has 26 nitrogen and oxygen atoms in total. The average molecular weight is 946 g/mol. The van der Waals surface area contributed by atoms with E-state index >= 15 is 0 Å². The maximum Gasteiger partial charge on any atom is 0.206 e.